The molecule has 0 bridgehead atoms. The number of carbonyl (C=O) groups excluding carboxylic acids is 1. The number of nitrogens with two attached hydrogens (primary N) is 1. The summed E-state index contributed by atoms with van der Waals surface area (Å²) in [7, 11) is 0. The Morgan fingerprint density at radius 1 is 1.03 bits per heavy atom. The molecule has 0 aliphatic carbocycles. The second kappa shape index (κ2) is 10.7. The lowest BCUT2D eigenvalue weighted by molar-refractivity contribution is 0.0996. The molecule has 3 N–H and O–H groups in total. The highest BCUT2D eigenvalue weighted by atomic mass is 19.1. The molecule has 1 aliphatic heterocycles. The van der Waals surface area contributed by atoms with Crippen molar-refractivity contribution in [3.05, 3.63) is 59.8 Å². The number of primary amides is 1. The fourth-order valence-corrected chi connectivity index (χ4v) is 3.86. The van der Waals surface area contributed by atoms with Gasteiger partial charge in [-0.2, -0.15) is 0 Å². The number of carbonyl (C=O) groups is 1. The summed E-state index contributed by atoms with van der Waals surface area (Å²) in [5.41, 5.74) is 5.21. The van der Waals surface area contributed by atoms with Crippen molar-refractivity contribution in [2.24, 2.45) is 5.73 Å². The lowest BCUT2D eigenvalue weighted by Gasteiger charge is -2.34. The molecule has 0 unspecified atom stereocenters. The molecule has 3 aromatic rings. The second-order valence-electron chi connectivity index (χ2n) is 7.94. The number of amides is 1. The minimum Gasteiger partial charge on any atom is -0.492 e. The van der Waals surface area contributed by atoms with Crippen LogP contribution in [0.25, 0.3) is 22.8 Å². The summed E-state index contributed by atoms with van der Waals surface area (Å²) < 4.78 is 39.7. The van der Waals surface area contributed by atoms with Gasteiger partial charge in [-0.05, 0) is 36.4 Å². The first-order chi connectivity index (χ1) is 16.5. The number of aliphatic hydroxyl groups excluding tert-OH is 1. The van der Waals surface area contributed by atoms with Gasteiger partial charge in [0, 0.05) is 44.8 Å². The Morgan fingerprint density at radius 3 is 2.24 bits per heavy atom. The highest BCUT2D eigenvalue weighted by Crippen LogP contribution is 2.33. The van der Waals surface area contributed by atoms with Crippen LogP contribution in [-0.4, -0.2) is 78.3 Å². The van der Waals surface area contributed by atoms with Crippen LogP contribution in [0.3, 0.4) is 0 Å². The number of rotatable bonds is 9. The second-order valence-corrected chi connectivity index (χ2v) is 7.94. The topological polar surface area (TPSA) is 105 Å². The van der Waals surface area contributed by atoms with Crippen LogP contribution in [0.15, 0.2) is 46.9 Å². The largest absolute Gasteiger partial charge is 0.492 e. The molecule has 1 aromatic heterocycles. The highest BCUT2D eigenvalue weighted by molar-refractivity contribution is 5.97. The van der Waals surface area contributed by atoms with Crippen LogP contribution in [-0.2, 0) is 0 Å². The third kappa shape index (κ3) is 5.41. The number of ether oxygens (including phenoxy) is 1. The van der Waals surface area contributed by atoms with Crippen molar-refractivity contribution < 1.29 is 27.8 Å². The SMILES string of the molecule is NC(=O)c1nc(-c2c(F)cccc2F)oc1-c1ccc(OCCN2CCN(CCO)CC2)cc1. The fraction of sp³-hybridized carbons (Fsp3) is 0.333. The minimum atomic E-state index is -0.874. The third-order valence-corrected chi connectivity index (χ3v) is 5.71. The average Bonchev–Trinajstić information content (AvgIpc) is 3.26. The van der Waals surface area contributed by atoms with Gasteiger partial charge in [0.2, 0.25) is 5.89 Å². The maximum absolute atomic E-state index is 14.2. The molecule has 2 aromatic carbocycles. The van der Waals surface area contributed by atoms with Gasteiger partial charge in [0.15, 0.2) is 11.5 Å². The molecule has 0 radical (unpaired) electrons. The van der Waals surface area contributed by atoms with E-state index in [1.807, 2.05) is 0 Å². The summed E-state index contributed by atoms with van der Waals surface area (Å²) >= 11 is 0. The first kappa shape index (κ1) is 23.8. The number of aliphatic hydroxyl groups is 1. The van der Waals surface area contributed by atoms with Gasteiger partial charge >= 0.3 is 0 Å². The molecule has 10 heteroatoms. The van der Waals surface area contributed by atoms with E-state index in [-0.39, 0.29) is 24.0 Å². The Kier molecular flexibility index (Phi) is 7.51. The fourth-order valence-electron chi connectivity index (χ4n) is 3.86. The van der Waals surface area contributed by atoms with Gasteiger partial charge in [-0.1, -0.05) is 6.07 Å². The highest BCUT2D eigenvalue weighted by Gasteiger charge is 2.24. The zero-order chi connectivity index (χ0) is 24.1. The van der Waals surface area contributed by atoms with E-state index >= 15 is 0 Å². The van der Waals surface area contributed by atoms with Crippen molar-refractivity contribution in [1.82, 2.24) is 14.8 Å². The molecular weight excluding hydrogens is 446 g/mol. The molecule has 0 saturated carbocycles. The van der Waals surface area contributed by atoms with E-state index < -0.39 is 23.1 Å². The number of β-amino-alcohol motifs (C(OH)–C–C–N with tert-alkyl or cyclic N) is 1. The lowest BCUT2D eigenvalue weighted by Crippen LogP contribution is -2.48. The van der Waals surface area contributed by atoms with E-state index in [0.29, 0.717) is 24.5 Å². The number of aromatic nitrogens is 1. The maximum atomic E-state index is 14.2. The number of hydrogen-bond acceptors (Lipinski definition) is 7. The molecule has 1 saturated heterocycles. The Labute approximate surface area is 195 Å². The summed E-state index contributed by atoms with van der Waals surface area (Å²) in [6, 6.07) is 10.1. The standard InChI is InChI=1S/C24H26F2N4O4/c25-18-2-1-3-19(26)20(18)24-28-21(23(27)32)22(34-24)16-4-6-17(7-5-16)33-15-13-30-10-8-29(9-11-30)12-14-31/h1-7,31H,8-15H2,(H2,27,32). The van der Waals surface area contributed by atoms with Crippen LogP contribution in [0.5, 0.6) is 5.75 Å². The Balaban J connectivity index is 1.42. The predicted octanol–water partition coefficient (Wildman–Crippen LogP) is 2.37. The maximum Gasteiger partial charge on any atom is 0.271 e. The van der Waals surface area contributed by atoms with Crippen LogP contribution in [0.1, 0.15) is 10.5 Å². The van der Waals surface area contributed by atoms with E-state index in [9.17, 15) is 13.6 Å². The number of oxazole rings is 1. The summed E-state index contributed by atoms with van der Waals surface area (Å²) in [6.07, 6.45) is 0. The van der Waals surface area contributed by atoms with Gasteiger partial charge < -0.3 is 20.0 Å². The van der Waals surface area contributed by atoms with Crippen molar-refractivity contribution in [2.75, 3.05) is 52.5 Å². The molecule has 1 amide bonds. The molecule has 4 rings (SSSR count). The lowest BCUT2D eigenvalue weighted by atomic mass is 10.1. The van der Waals surface area contributed by atoms with Gasteiger partial charge in [0.05, 0.1) is 6.61 Å². The smallest absolute Gasteiger partial charge is 0.271 e. The number of piperazine rings is 1. The van der Waals surface area contributed by atoms with Gasteiger partial charge in [0.25, 0.3) is 5.91 Å². The predicted molar refractivity (Wildman–Crippen MR) is 121 cm³/mol. The van der Waals surface area contributed by atoms with Gasteiger partial charge in [-0.3, -0.25) is 14.6 Å². The van der Waals surface area contributed by atoms with E-state index in [4.69, 9.17) is 20.0 Å². The first-order valence-corrected chi connectivity index (χ1v) is 11.0. The number of halogens is 2. The van der Waals surface area contributed by atoms with E-state index in [0.717, 1.165) is 44.9 Å². The molecule has 180 valence electrons. The molecule has 1 aliphatic rings. The van der Waals surface area contributed by atoms with E-state index in [1.165, 1.54) is 6.07 Å². The average molecular weight is 472 g/mol. The van der Waals surface area contributed by atoms with Crippen LogP contribution in [0, 0.1) is 11.6 Å². The van der Waals surface area contributed by atoms with Crippen LogP contribution >= 0.6 is 0 Å². The summed E-state index contributed by atoms with van der Waals surface area (Å²) in [5, 5.41) is 9.02. The number of benzene rings is 2. The molecular formula is C24H26F2N4O4. The summed E-state index contributed by atoms with van der Waals surface area (Å²) in [6.45, 7) is 5.86. The zero-order valence-corrected chi connectivity index (χ0v) is 18.5. The van der Waals surface area contributed by atoms with Crippen molar-refractivity contribution in [3.8, 4) is 28.5 Å². The third-order valence-electron chi connectivity index (χ3n) is 5.71. The van der Waals surface area contributed by atoms with Crippen LogP contribution in [0.2, 0.25) is 0 Å². The number of nitrogens with zero attached hydrogens (tertiary/aromatic N) is 3. The van der Waals surface area contributed by atoms with E-state index in [1.54, 1.807) is 24.3 Å². The van der Waals surface area contributed by atoms with Gasteiger partial charge in [0.1, 0.15) is 29.6 Å². The van der Waals surface area contributed by atoms with E-state index in [2.05, 4.69) is 14.8 Å². The monoisotopic (exact) mass is 472 g/mol. The number of hydrogen-bond donors (Lipinski definition) is 2. The molecule has 34 heavy (non-hydrogen) atoms. The summed E-state index contributed by atoms with van der Waals surface area (Å²) in [4.78, 5) is 20.4. The minimum absolute atomic E-state index is 0.0254. The zero-order valence-electron chi connectivity index (χ0n) is 18.5. The van der Waals surface area contributed by atoms with Crippen molar-refractivity contribution in [3.63, 3.8) is 0 Å². The molecule has 0 spiro atoms. The Hall–Kier alpha value is -3.34. The first-order valence-electron chi connectivity index (χ1n) is 11.0. The molecule has 1 fully saturated rings. The molecule has 2 heterocycles. The summed E-state index contributed by atoms with van der Waals surface area (Å²) in [5.74, 6) is -2.30. The van der Waals surface area contributed by atoms with Gasteiger partial charge in [-0.25, -0.2) is 13.8 Å². The molecule has 0 atom stereocenters. The Morgan fingerprint density at radius 2 is 1.65 bits per heavy atom. The van der Waals surface area contributed by atoms with Crippen molar-refractivity contribution >= 4 is 5.91 Å². The van der Waals surface area contributed by atoms with Crippen LogP contribution < -0.4 is 10.5 Å². The molecule has 8 nitrogen and oxygen atoms in total. The quantitative estimate of drug-likeness (QED) is 0.493. The van der Waals surface area contributed by atoms with Gasteiger partial charge in [-0.15, -0.1) is 0 Å². The van der Waals surface area contributed by atoms with Crippen LogP contribution in [0.4, 0.5) is 8.78 Å². The Bertz CT molecular complexity index is 1110. The normalized spacial score (nSPS) is 14.9. The van der Waals surface area contributed by atoms with Crippen molar-refractivity contribution in [2.45, 2.75) is 0 Å². The van der Waals surface area contributed by atoms with Crippen molar-refractivity contribution in [1.29, 1.82) is 0 Å².